The molecule has 2 aromatic carbocycles. The van der Waals surface area contributed by atoms with Crippen LogP contribution in [0.4, 0.5) is 5.69 Å². The van der Waals surface area contributed by atoms with Crippen molar-refractivity contribution in [3.63, 3.8) is 0 Å². The summed E-state index contributed by atoms with van der Waals surface area (Å²) in [6, 6.07) is 13.2. The van der Waals surface area contributed by atoms with E-state index in [0.29, 0.717) is 15.8 Å². The van der Waals surface area contributed by atoms with E-state index >= 15 is 0 Å². The van der Waals surface area contributed by atoms with Crippen LogP contribution < -0.4 is 4.90 Å². The van der Waals surface area contributed by atoms with E-state index in [2.05, 4.69) is 15.9 Å². The number of halogens is 3. The van der Waals surface area contributed by atoms with Crippen LogP contribution in [-0.4, -0.2) is 11.7 Å². The molecular formula is C15H10BrCl2NOS. The highest BCUT2D eigenvalue weighted by Gasteiger charge is 2.34. The van der Waals surface area contributed by atoms with Crippen molar-refractivity contribution in [3.05, 3.63) is 62.5 Å². The summed E-state index contributed by atoms with van der Waals surface area (Å²) in [5, 5.41) is 0.981. The molecule has 108 valence electrons. The fraction of sp³-hybridized carbons (Fsp3) is 0.133. The van der Waals surface area contributed by atoms with Crippen LogP contribution in [0.15, 0.2) is 46.9 Å². The summed E-state index contributed by atoms with van der Waals surface area (Å²) in [5.41, 5.74) is 1.80. The molecule has 0 radical (unpaired) electrons. The smallest absolute Gasteiger partial charge is 0.238 e. The first-order valence-electron chi connectivity index (χ1n) is 6.20. The molecule has 1 amide bonds. The molecule has 1 heterocycles. The molecule has 0 spiro atoms. The first-order chi connectivity index (χ1) is 10.0. The Bertz CT molecular complexity index is 690. The Balaban J connectivity index is 2.03. The molecule has 0 aliphatic carbocycles. The SMILES string of the molecule is O=C1CSC(c2cccc(Br)c2)N1c1cc(Cl)cc(Cl)c1. The largest absolute Gasteiger partial charge is 0.295 e. The summed E-state index contributed by atoms with van der Waals surface area (Å²) in [5.74, 6) is 0.504. The van der Waals surface area contributed by atoms with Gasteiger partial charge in [0.2, 0.25) is 5.91 Å². The van der Waals surface area contributed by atoms with Crippen molar-refractivity contribution in [3.8, 4) is 0 Å². The quantitative estimate of drug-likeness (QED) is 0.657. The van der Waals surface area contributed by atoms with Crippen LogP contribution in [0.5, 0.6) is 0 Å². The van der Waals surface area contributed by atoms with Crippen LogP contribution in [0.2, 0.25) is 10.0 Å². The summed E-state index contributed by atoms with van der Waals surface area (Å²) < 4.78 is 0.990. The normalized spacial score (nSPS) is 18.3. The van der Waals surface area contributed by atoms with Gasteiger partial charge in [-0.05, 0) is 35.9 Å². The number of thioether (sulfide) groups is 1. The molecule has 3 rings (SSSR count). The van der Waals surface area contributed by atoms with Crippen LogP contribution in [0.1, 0.15) is 10.9 Å². The lowest BCUT2D eigenvalue weighted by Gasteiger charge is -2.25. The van der Waals surface area contributed by atoms with Crippen molar-refractivity contribution < 1.29 is 4.79 Å². The van der Waals surface area contributed by atoms with E-state index in [1.807, 2.05) is 24.3 Å². The van der Waals surface area contributed by atoms with Crippen molar-refractivity contribution >= 4 is 62.5 Å². The van der Waals surface area contributed by atoms with Gasteiger partial charge in [0.25, 0.3) is 0 Å². The van der Waals surface area contributed by atoms with Gasteiger partial charge in [0.05, 0.1) is 5.75 Å². The summed E-state index contributed by atoms with van der Waals surface area (Å²) in [4.78, 5) is 14.0. The van der Waals surface area contributed by atoms with E-state index in [0.717, 1.165) is 15.7 Å². The number of hydrogen-bond acceptors (Lipinski definition) is 2. The third-order valence-corrected chi connectivity index (χ3v) is 5.27. The fourth-order valence-electron chi connectivity index (χ4n) is 2.29. The maximum absolute atomic E-state index is 12.3. The maximum Gasteiger partial charge on any atom is 0.238 e. The second kappa shape index (κ2) is 6.21. The molecular weight excluding hydrogens is 393 g/mol. The number of benzene rings is 2. The lowest BCUT2D eigenvalue weighted by molar-refractivity contribution is -0.115. The predicted molar refractivity (Wildman–Crippen MR) is 93.3 cm³/mol. The average Bonchev–Trinajstić information content (AvgIpc) is 2.79. The molecule has 0 bridgehead atoms. The molecule has 0 saturated carbocycles. The number of anilines is 1. The minimum Gasteiger partial charge on any atom is -0.295 e. The van der Waals surface area contributed by atoms with Crippen LogP contribution in [-0.2, 0) is 4.79 Å². The zero-order chi connectivity index (χ0) is 15.0. The standard InChI is InChI=1S/C15H10BrCl2NOS/c16-10-3-1-2-9(4-10)15-19(14(20)8-21-15)13-6-11(17)5-12(18)7-13/h1-7,15H,8H2. The van der Waals surface area contributed by atoms with Gasteiger partial charge in [0, 0.05) is 20.2 Å². The highest BCUT2D eigenvalue weighted by atomic mass is 79.9. The lowest BCUT2D eigenvalue weighted by Crippen LogP contribution is -2.27. The summed E-state index contributed by atoms with van der Waals surface area (Å²) >= 11 is 17.2. The monoisotopic (exact) mass is 401 g/mol. The van der Waals surface area contributed by atoms with Crippen molar-refractivity contribution in [2.45, 2.75) is 5.37 Å². The molecule has 0 N–H and O–H groups in total. The molecule has 1 fully saturated rings. The fourth-order valence-corrected chi connectivity index (χ4v) is 4.39. The first-order valence-corrected chi connectivity index (χ1v) is 8.79. The topological polar surface area (TPSA) is 20.3 Å². The molecule has 6 heteroatoms. The Labute approximate surface area is 145 Å². The summed E-state index contributed by atoms with van der Waals surface area (Å²) in [6.07, 6.45) is 0. The van der Waals surface area contributed by atoms with Gasteiger partial charge in [-0.25, -0.2) is 0 Å². The summed E-state index contributed by atoms with van der Waals surface area (Å²) in [7, 11) is 0. The van der Waals surface area contributed by atoms with Crippen molar-refractivity contribution in [1.29, 1.82) is 0 Å². The van der Waals surface area contributed by atoms with Gasteiger partial charge in [-0.2, -0.15) is 0 Å². The van der Waals surface area contributed by atoms with E-state index in [1.54, 1.807) is 34.9 Å². The minimum atomic E-state index is -0.0652. The Morgan fingerprint density at radius 1 is 1.14 bits per heavy atom. The van der Waals surface area contributed by atoms with Gasteiger partial charge in [-0.3, -0.25) is 9.69 Å². The second-order valence-electron chi connectivity index (χ2n) is 4.61. The second-order valence-corrected chi connectivity index (χ2v) is 7.47. The Morgan fingerprint density at radius 3 is 2.52 bits per heavy atom. The van der Waals surface area contributed by atoms with E-state index in [4.69, 9.17) is 23.2 Å². The van der Waals surface area contributed by atoms with Gasteiger partial charge in [-0.1, -0.05) is 51.3 Å². The Morgan fingerprint density at radius 2 is 1.86 bits per heavy atom. The molecule has 2 aromatic rings. The third kappa shape index (κ3) is 3.24. The van der Waals surface area contributed by atoms with Crippen LogP contribution >= 0.6 is 50.9 Å². The number of rotatable bonds is 2. The van der Waals surface area contributed by atoms with Gasteiger partial charge >= 0.3 is 0 Å². The molecule has 21 heavy (non-hydrogen) atoms. The first kappa shape index (κ1) is 15.2. The van der Waals surface area contributed by atoms with Crippen LogP contribution in [0, 0.1) is 0 Å². The molecule has 1 atom stereocenters. The van der Waals surface area contributed by atoms with Crippen LogP contribution in [0.3, 0.4) is 0 Å². The average molecular weight is 403 g/mol. The molecule has 1 aliphatic heterocycles. The van der Waals surface area contributed by atoms with E-state index < -0.39 is 0 Å². The van der Waals surface area contributed by atoms with Gasteiger partial charge < -0.3 is 0 Å². The number of carbonyl (C=O) groups is 1. The Kier molecular flexibility index (Phi) is 4.50. The number of hydrogen-bond donors (Lipinski definition) is 0. The lowest BCUT2D eigenvalue weighted by atomic mass is 10.2. The van der Waals surface area contributed by atoms with E-state index in [-0.39, 0.29) is 11.3 Å². The summed E-state index contributed by atoms with van der Waals surface area (Å²) in [6.45, 7) is 0. The van der Waals surface area contributed by atoms with E-state index in [9.17, 15) is 4.79 Å². The molecule has 1 aliphatic rings. The highest BCUT2D eigenvalue weighted by molar-refractivity contribution is 9.10. The van der Waals surface area contributed by atoms with Gasteiger partial charge in [0.1, 0.15) is 5.37 Å². The molecule has 2 nitrogen and oxygen atoms in total. The number of amides is 1. The van der Waals surface area contributed by atoms with Crippen molar-refractivity contribution in [1.82, 2.24) is 0 Å². The maximum atomic E-state index is 12.3. The predicted octanol–water partition coefficient (Wildman–Crippen LogP) is 5.53. The van der Waals surface area contributed by atoms with Gasteiger partial charge in [-0.15, -0.1) is 11.8 Å². The zero-order valence-electron chi connectivity index (χ0n) is 10.7. The molecule has 1 unspecified atom stereocenters. The van der Waals surface area contributed by atoms with Crippen molar-refractivity contribution in [2.75, 3.05) is 10.7 Å². The Hall–Kier alpha value is -0.680. The number of carbonyl (C=O) groups excluding carboxylic acids is 1. The highest BCUT2D eigenvalue weighted by Crippen LogP contribution is 2.43. The molecule has 1 saturated heterocycles. The van der Waals surface area contributed by atoms with Crippen molar-refractivity contribution in [2.24, 2.45) is 0 Å². The zero-order valence-corrected chi connectivity index (χ0v) is 14.6. The third-order valence-electron chi connectivity index (χ3n) is 3.13. The number of nitrogens with zero attached hydrogens (tertiary/aromatic N) is 1. The van der Waals surface area contributed by atoms with Crippen LogP contribution in [0.25, 0.3) is 0 Å². The van der Waals surface area contributed by atoms with E-state index in [1.165, 1.54) is 0 Å². The molecule has 0 aromatic heterocycles. The van der Waals surface area contributed by atoms with Gasteiger partial charge in [0.15, 0.2) is 0 Å². The minimum absolute atomic E-state index is 0.0586.